The van der Waals surface area contributed by atoms with Gasteiger partial charge in [0.25, 0.3) is 5.78 Å². The normalized spacial score (nSPS) is 15.8. The lowest BCUT2D eigenvalue weighted by Gasteiger charge is -2.40. The predicted molar refractivity (Wildman–Crippen MR) is 74.0 cm³/mol. The van der Waals surface area contributed by atoms with Gasteiger partial charge in [-0.15, -0.1) is 0 Å². The Kier molecular flexibility index (Phi) is 3.79. The molecule has 2 aromatic heterocycles. The SMILES string of the molecule is COCCCOC1CN(c2cc(C)nc3ncnn23)C1. The first-order chi connectivity index (χ1) is 9.78. The van der Waals surface area contributed by atoms with Gasteiger partial charge in [-0.05, 0) is 13.3 Å². The molecule has 3 rings (SSSR count). The third-order valence-electron chi connectivity index (χ3n) is 3.38. The molecule has 2 aromatic rings. The van der Waals surface area contributed by atoms with Crippen molar-refractivity contribution in [2.24, 2.45) is 0 Å². The Bertz CT molecular complexity index is 579. The van der Waals surface area contributed by atoms with Crippen LogP contribution in [0.25, 0.3) is 5.78 Å². The predicted octanol–water partition coefficient (Wildman–Crippen LogP) is 0.674. The molecule has 20 heavy (non-hydrogen) atoms. The molecule has 1 aliphatic rings. The van der Waals surface area contributed by atoms with Crippen molar-refractivity contribution in [1.82, 2.24) is 19.6 Å². The maximum absolute atomic E-state index is 5.77. The summed E-state index contributed by atoms with van der Waals surface area (Å²) >= 11 is 0. The van der Waals surface area contributed by atoms with Crippen molar-refractivity contribution in [2.45, 2.75) is 19.4 Å². The van der Waals surface area contributed by atoms with Gasteiger partial charge in [0.2, 0.25) is 0 Å². The van der Waals surface area contributed by atoms with Crippen molar-refractivity contribution >= 4 is 11.6 Å². The van der Waals surface area contributed by atoms with Crippen molar-refractivity contribution in [1.29, 1.82) is 0 Å². The van der Waals surface area contributed by atoms with Crippen LogP contribution in [0.5, 0.6) is 0 Å². The summed E-state index contributed by atoms with van der Waals surface area (Å²) in [7, 11) is 1.71. The molecule has 1 saturated heterocycles. The number of fused-ring (bicyclic) bond motifs is 1. The molecular formula is C13H19N5O2. The number of aromatic nitrogens is 4. The van der Waals surface area contributed by atoms with E-state index in [0.29, 0.717) is 11.9 Å². The molecular weight excluding hydrogens is 258 g/mol. The Morgan fingerprint density at radius 2 is 2.20 bits per heavy atom. The van der Waals surface area contributed by atoms with Crippen molar-refractivity contribution in [3.8, 4) is 0 Å². The number of anilines is 1. The van der Waals surface area contributed by atoms with E-state index < -0.39 is 0 Å². The van der Waals surface area contributed by atoms with Crippen molar-refractivity contribution < 1.29 is 9.47 Å². The number of ether oxygens (including phenoxy) is 2. The first-order valence-electron chi connectivity index (χ1n) is 6.81. The Balaban J connectivity index is 1.59. The van der Waals surface area contributed by atoms with Gasteiger partial charge in [0.1, 0.15) is 12.1 Å². The topological polar surface area (TPSA) is 64.8 Å². The summed E-state index contributed by atoms with van der Waals surface area (Å²) in [6.45, 7) is 5.23. The number of hydrogen-bond acceptors (Lipinski definition) is 6. The molecule has 0 aromatic carbocycles. The van der Waals surface area contributed by atoms with Gasteiger partial charge in [-0.25, -0.2) is 4.98 Å². The zero-order valence-corrected chi connectivity index (χ0v) is 11.8. The zero-order chi connectivity index (χ0) is 13.9. The molecule has 0 spiro atoms. The third kappa shape index (κ3) is 2.59. The van der Waals surface area contributed by atoms with E-state index in [1.54, 1.807) is 11.6 Å². The summed E-state index contributed by atoms with van der Waals surface area (Å²) in [4.78, 5) is 10.7. The second-order valence-corrected chi connectivity index (χ2v) is 4.97. The Morgan fingerprint density at radius 1 is 1.35 bits per heavy atom. The highest BCUT2D eigenvalue weighted by Gasteiger charge is 2.29. The lowest BCUT2D eigenvalue weighted by Crippen LogP contribution is -2.53. The monoisotopic (exact) mass is 277 g/mol. The quantitative estimate of drug-likeness (QED) is 0.723. The molecule has 3 heterocycles. The summed E-state index contributed by atoms with van der Waals surface area (Å²) in [5.41, 5.74) is 0.949. The Hall–Kier alpha value is -1.73. The standard InChI is InChI=1S/C13H19N5O2/c1-10-6-12(18-13(16-10)14-9-15-18)17-7-11(8-17)20-5-3-4-19-2/h6,9,11H,3-5,7-8H2,1-2H3. The summed E-state index contributed by atoms with van der Waals surface area (Å²) in [5, 5.41) is 4.22. The van der Waals surface area contributed by atoms with E-state index in [0.717, 1.165) is 44.2 Å². The number of hydrogen-bond donors (Lipinski definition) is 0. The average Bonchev–Trinajstić information content (AvgIpc) is 2.83. The van der Waals surface area contributed by atoms with E-state index in [2.05, 4.69) is 20.0 Å². The van der Waals surface area contributed by atoms with Gasteiger partial charge in [0.05, 0.1) is 6.10 Å². The highest BCUT2D eigenvalue weighted by Crippen LogP contribution is 2.23. The van der Waals surface area contributed by atoms with Crippen LogP contribution in [0.3, 0.4) is 0 Å². The van der Waals surface area contributed by atoms with Crippen molar-refractivity contribution in [2.75, 3.05) is 38.3 Å². The van der Waals surface area contributed by atoms with Crippen LogP contribution >= 0.6 is 0 Å². The fraction of sp³-hybridized carbons (Fsp3) is 0.615. The van der Waals surface area contributed by atoms with E-state index in [-0.39, 0.29) is 0 Å². The molecule has 0 aliphatic carbocycles. The van der Waals surface area contributed by atoms with Crippen LogP contribution in [0.2, 0.25) is 0 Å². The zero-order valence-electron chi connectivity index (χ0n) is 11.8. The highest BCUT2D eigenvalue weighted by molar-refractivity contribution is 5.49. The third-order valence-corrected chi connectivity index (χ3v) is 3.38. The van der Waals surface area contributed by atoms with Gasteiger partial charge in [-0.3, -0.25) is 0 Å². The van der Waals surface area contributed by atoms with Crippen LogP contribution in [0.4, 0.5) is 5.82 Å². The largest absolute Gasteiger partial charge is 0.385 e. The second kappa shape index (κ2) is 5.72. The van der Waals surface area contributed by atoms with E-state index in [9.17, 15) is 0 Å². The molecule has 0 N–H and O–H groups in total. The maximum atomic E-state index is 5.77. The van der Waals surface area contributed by atoms with Crippen molar-refractivity contribution in [3.63, 3.8) is 0 Å². The van der Waals surface area contributed by atoms with Gasteiger partial charge in [0, 0.05) is 45.2 Å². The van der Waals surface area contributed by atoms with Crippen LogP contribution in [0, 0.1) is 6.92 Å². The lowest BCUT2D eigenvalue weighted by atomic mass is 10.1. The fourth-order valence-electron chi connectivity index (χ4n) is 2.32. The van der Waals surface area contributed by atoms with E-state index >= 15 is 0 Å². The van der Waals surface area contributed by atoms with Gasteiger partial charge >= 0.3 is 0 Å². The van der Waals surface area contributed by atoms with Crippen molar-refractivity contribution in [3.05, 3.63) is 18.1 Å². The fourth-order valence-corrected chi connectivity index (χ4v) is 2.32. The molecule has 0 bridgehead atoms. The van der Waals surface area contributed by atoms with Gasteiger partial charge in [-0.2, -0.15) is 14.6 Å². The maximum Gasteiger partial charge on any atom is 0.254 e. The highest BCUT2D eigenvalue weighted by atomic mass is 16.5. The summed E-state index contributed by atoms with van der Waals surface area (Å²) in [6.07, 6.45) is 2.76. The first kappa shape index (κ1) is 13.3. The average molecular weight is 277 g/mol. The smallest absolute Gasteiger partial charge is 0.254 e. The molecule has 7 nitrogen and oxygen atoms in total. The minimum absolute atomic E-state index is 0.291. The summed E-state index contributed by atoms with van der Waals surface area (Å²) < 4.78 is 12.5. The first-order valence-corrected chi connectivity index (χ1v) is 6.81. The second-order valence-electron chi connectivity index (χ2n) is 4.97. The minimum atomic E-state index is 0.291. The molecule has 0 saturated carbocycles. The van der Waals surface area contributed by atoms with Crippen LogP contribution in [-0.2, 0) is 9.47 Å². The molecule has 0 amide bonds. The molecule has 1 aliphatic heterocycles. The number of rotatable bonds is 6. The summed E-state index contributed by atoms with van der Waals surface area (Å²) in [5.74, 6) is 1.67. The number of methoxy groups -OCH3 is 1. The Labute approximate surface area is 117 Å². The van der Waals surface area contributed by atoms with Crippen LogP contribution in [-0.4, -0.2) is 59.1 Å². The minimum Gasteiger partial charge on any atom is -0.385 e. The molecule has 7 heteroatoms. The number of nitrogens with zero attached hydrogens (tertiary/aromatic N) is 5. The van der Waals surface area contributed by atoms with E-state index in [1.807, 2.05) is 13.0 Å². The van der Waals surface area contributed by atoms with Crippen LogP contribution < -0.4 is 4.90 Å². The van der Waals surface area contributed by atoms with E-state index in [1.165, 1.54) is 6.33 Å². The lowest BCUT2D eigenvalue weighted by molar-refractivity contribution is 0.0229. The summed E-state index contributed by atoms with van der Waals surface area (Å²) in [6, 6.07) is 2.03. The molecule has 1 fully saturated rings. The molecule has 0 radical (unpaired) electrons. The van der Waals surface area contributed by atoms with Crippen LogP contribution in [0.15, 0.2) is 12.4 Å². The molecule has 108 valence electrons. The van der Waals surface area contributed by atoms with Gasteiger partial charge < -0.3 is 14.4 Å². The van der Waals surface area contributed by atoms with Gasteiger partial charge in [0.15, 0.2) is 0 Å². The Morgan fingerprint density at radius 3 is 3.00 bits per heavy atom. The number of aryl methyl sites for hydroxylation is 1. The molecule has 0 unspecified atom stereocenters. The van der Waals surface area contributed by atoms with Crippen LogP contribution in [0.1, 0.15) is 12.1 Å². The van der Waals surface area contributed by atoms with E-state index in [4.69, 9.17) is 9.47 Å². The van der Waals surface area contributed by atoms with Gasteiger partial charge in [-0.1, -0.05) is 0 Å². The molecule has 0 atom stereocenters.